The van der Waals surface area contributed by atoms with Gasteiger partial charge >= 0.3 is 0 Å². The van der Waals surface area contributed by atoms with Crippen molar-refractivity contribution in [2.45, 2.75) is 4.90 Å². The molecule has 2 aromatic rings. The molecule has 0 heterocycles. The van der Waals surface area contributed by atoms with Gasteiger partial charge in [0.2, 0.25) is 0 Å². The van der Waals surface area contributed by atoms with Crippen LogP contribution in [0.2, 0.25) is 0 Å². The van der Waals surface area contributed by atoms with Crippen molar-refractivity contribution in [1.82, 2.24) is 0 Å². The maximum absolute atomic E-state index is 11.8. The molecule has 0 N–H and O–H groups in total. The zero-order valence-electron chi connectivity index (χ0n) is 8.74. The molecule has 80 valence electrons. The lowest BCUT2D eigenvalue weighted by atomic mass is 10.2. The molecule has 1 nitrogen and oxygen atoms in total. The van der Waals surface area contributed by atoms with Crippen LogP contribution in [0.15, 0.2) is 71.0 Å². The molecule has 0 fully saturated rings. The molecule has 0 saturated carbocycles. The topological polar surface area (TPSA) is 23.1 Å². The fraction of sp³-hybridized carbons (Fsp3) is 0. The molecule has 0 bridgehead atoms. The number of rotatable bonds is 3. The van der Waals surface area contributed by atoms with Crippen LogP contribution in [0.5, 0.6) is 0 Å². The van der Waals surface area contributed by atoms with Crippen LogP contribution in [-0.4, -0.2) is 4.55 Å². The maximum atomic E-state index is 11.8. The van der Waals surface area contributed by atoms with Crippen LogP contribution in [-0.2, 0) is 11.2 Å². The van der Waals surface area contributed by atoms with Gasteiger partial charge in [-0.3, -0.25) is 0 Å². The first-order chi connectivity index (χ1) is 7.86. The third-order valence-electron chi connectivity index (χ3n) is 2.16. The standard InChI is InChI=1S/C14H12OS/c15-16(14-9-5-2-6-10-14)12-11-13-7-3-1-4-8-13/h1-12H. The average Bonchev–Trinajstić information content (AvgIpc) is 2.38. The van der Waals surface area contributed by atoms with Crippen LogP contribution < -0.4 is 0 Å². The number of benzene rings is 2. The van der Waals surface area contributed by atoms with E-state index in [2.05, 4.69) is 0 Å². The average molecular weight is 228 g/mol. The lowest BCUT2D eigenvalue weighted by Gasteiger charge is -2.03. The van der Waals surface area contributed by atoms with E-state index in [0.717, 1.165) is 10.5 Å². The van der Waals surface area contributed by atoms with Gasteiger partial charge in [0, 0.05) is 11.2 Å². The summed E-state index contributed by atoms with van der Waals surface area (Å²) in [5.41, 5.74) is 1.06. The van der Waals surface area contributed by atoms with Crippen molar-refractivity contribution >= 4 is 17.3 Å². The van der Waals surface area contributed by atoms with E-state index in [1.54, 1.807) is 5.41 Å². The van der Waals surface area contributed by atoms with E-state index in [-0.39, 0.29) is 0 Å². The molecule has 2 rings (SSSR count). The summed E-state index contributed by atoms with van der Waals surface area (Å²) < 4.78 is 11.8. The number of hydrogen-bond donors (Lipinski definition) is 0. The van der Waals surface area contributed by atoms with Crippen LogP contribution in [0, 0.1) is 0 Å². The van der Waals surface area contributed by atoms with Gasteiger partial charge in [-0.15, -0.1) is 0 Å². The van der Waals surface area contributed by atoms with Crippen molar-refractivity contribution in [1.29, 1.82) is 0 Å². The molecule has 0 radical (unpaired) electrons. The smallest absolute Gasteiger partial charge is 0.157 e. The SMILES string of the molecule is [O-][S+](C=Cc1ccccc1)c1ccccc1. The molecule has 0 aliphatic heterocycles. The Morgan fingerprint density at radius 2 is 1.38 bits per heavy atom. The highest BCUT2D eigenvalue weighted by Crippen LogP contribution is 2.13. The Morgan fingerprint density at radius 3 is 2.00 bits per heavy atom. The van der Waals surface area contributed by atoms with Crippen LogP contribution in [0.3, 0.4) is 0 Å². The third kappa shape index (κ3) is 2.99. The lowest BCUT2D eigenvalue weighted by molar-refractivity contribution is 0.604. The van der Waals surface area contributed by atoms with Gasteiger partial charge in [-0.25, -0.2) is 0 Å². The molecule has 0 aliphatic carbocycles. The van der Waals surface area contributed by atoms with Gasteiger partial charge in [0.15, 0.2) is 4.90 Å². The van der Waals surface area contributed by atoms with Crippen LogP contribution in [0.25, 0.3) is 6.08 Å². The molecule has 1 unspecified atom stereocenters. The van der Waals surface area contributed by atoms with E-state index in [1.165, 1.54) is 0 Å². The van der Waals surface area contributed by atoms with E-state index in [0.29, 0.717) is 0 Å². The van der Waals surface area contributed by atoms with Crippen LogP contribution in [0.4, 0.5) is 0 Å². The van der Waals surface area contributed by atoms with E-state index >= 15 is 0 Å². The number of hydrogen-bond acceptors (Lipinski definition) is 1. The van der Waals surface area contributed by atoms with Crippen molar-refractivity contribution in [3.8, 4) is 0 Å². The highest BCUT2D eigenvalue weighted by Gasteiger charge is 2.04. The zero-order valence-corrected chi connectivity index (χ0v) is 9.56. The first-order valence-corrected chi connectivity index (χ1v) is 6.26. The van der Waals surface area contributed by atoms with Crippen molar-refractivity contribution in [3.05, 3.63) is 71.6 Å². The molecular weight excluding hydrogens is 216 g/mol. The summed E-state index contributed by atoms with van der Waals surface area (Å²) in [5, 5.41) is 1.71. The predicted octanol–water partition coefficient (Wildman–Crippen LogP) is 3.47. The second-order valence-electron chi connectivity index (χ2n) is 3.32. The minimum absolute atomic E-state index is 0.828. The first-order valence-electron chi connectivity index (χ1n) is 5.05. The van der Waals surface area contributed by atoms with Crippen molar-refractivity contribution in [3.63, 3.8) is 0 Å². The van der Waals surface area contributed by atoms with Crippen LogP contribution >= 0.6 is 0 Å². The summed E-state index contributed by atoms with van der Waals surface area (Å²) >= 11 is -1.06. The molecule has 2 heteroatoms. The van der Waals surface area contributed by atoms with E-state index in [4.69, 9.17) is 0 Å². The quantitative estimate of drug-likeness (QED) is 0.738. The second-order valence-corrected chi connectivity index (χ2v) is 4.66. The van der Waals surface area contributed by atoms with E-state index < -0.39 is 11.2 Å². The van der Waals surface area contributed by atoms with Gasteiger partial charge < -0.3 is 4.55 Å². The Hall–Kier alpha value is -1.51. The molecule has 1 atom stereocenters. The summed E-state index contributed by atoms with van der Waals surface area (Å²) in [7, 11) is 0. The highest BCUT2D eigenvalue weighted by atomic mass is 32.2. The highest BCUT2D eigenvalue weighted by molar-refractivity contribution is 7.94. The molecule has 16 heavy (non-hydrogen) atoms. The molecule has 2 aromatic carbocycles. The Kier molecular flexibility index (Phi) is 3.81. The Balaban J connectivity index is 2.08. The zero-order chi connectivity index (χ0) is 11.2. The first kappa shape index (κ1) is 11.0. The van der Waals surface area contributed by atoms with E-state index in [1.807, 2.05) is 66.7 Å². The molecule has 0 amide bonds. The molecule has 0 aromatic heterocycles. The summed E-state index contributed by atoms with van der Waals surface area (Å²) in [4.78, 5) is 0.828. The van der Waals surface area contributed by atoms with E-state index in [9.17, 15) is 4.55 Å². The normalized spacial score (nSPS) is 12.8. The third-order valence-corrected chi connectivity index (χ3v) is 3.28. The maximum Gasteiger partial charge on any atom is 0.157 e. The lowest BCUT2D eigenvalue weighted by Crippen LogP contribution is -1.95. The monoisotopic (exact) mass is 228 g/mol. The summed E-state index contributed by atoms with van der Waals surface area (Å²) in [5.74, 6) is 0. The minimum Gasteiger partial charge on any atom is -0.607 e. The van der Waals surface area contributed by atoms with Gasteiger partial charge in [-0.1, -0.05) is 48.5 Å². The summed E-state index contributed by atoms with van der Waals surface area (Å²) in [6.45, 7) is 0. The van der Waals surface area contributed by atoms with Gasteiger partial charge in [0.25, 0.3) is 0 Å². The fourth-order valence-electron chi connectivity index (χ4n) is 1.34. The Morgan fingerprint density at radius 1 is 0.812 bits per heavy atom. The van der Waals surface area contributed by atoms with Gasteiger partial charge in [0.05, 0.1) is 0 Å². The Labute approximate surface area is 98.6 Å². The summed E-state index contributed by atoms with van der Waals surface area (Å²) in [6.07, 6.45) is 1.88. The van der Waals surface area contributed by atoms with Crippen molar-refractivity contribution in [2.75, 3.05) is 0 Å². The van der Waals surface area contributed by atoms with Crippen molar-refractivity contribution in [2.24, 2.45) is 0 Å². The largest absolute Gasteiger partial charge is 0.607 e. The summed E-state index contributed by atoms with van der Waals surface area (Å²) in [6, 6.07) is 19.3. The second kappa shape index (κ2) is 5.54. The van der Waals surface area contributed by atoms with Gasteiger partial charge in [-0.05, 0) is 23.8 Å². The molecule has 0 spiro atoms. The van der Waals surface area contributed by atoms with Crippen molar-refractivity contribution < 1.29 is 4.55 Å². The minimum atomic E-state index is -1.06. The van der Waals surface area contributed by atoms with Crippen LogP contribution in [0.1, 0.15) is 5.56 Å². The molecule has 0 aliphatic rings. The van der Waals surface area contributed by atoms with Gasteiger partial charge in [-0.2, -0.15) is 0 Å². The fourth-order valence-corrected chi connectivity index (χ4v) is 2.20. The Bertz CT molecular complexity index is 451. The molecule has 0 saturated heterocycles. The predicted molar refractivity (Wildman–Crippen MR) is 68.3 cm³/mol. The molecular formula is C14H12OS. The van der Waals surface area contributed by atoms with Gasteiger partial charge in [0.1, 0.15) is 5.41 Å².